The first-order chi connectivity index (χ1) is 12.8. The summed E-state index contributed by atoms with van der Waals surface area (Å²) in [6.45, 7) is 2.97. The zero-order chi connectivity index (χ0) is 19.4. The van der Waals surface area contributed by atoms with Crippen LogP contribution >= 0.6 is 23.1 Å². The van der Waals surface area contributed by atoms with Gasteiger partial charge in [0.1, 0.15) is 4.34 Å². The molecule has 3 rings (SSSR count). The van der Waals surface area contributed by atoms with Crippen LogP contribution in [0.3, 0.4) is 0 Å². The van der Waals surface area contributed by atoms with Gasteiger partial charge in [-0.1, -0.05) is 11.8 Å². The van der Waals surface area contributed by atoms with Crippen molar-refractivity contribution in [2.45, 2.75) is 43.4 Å². The SMILES string of the molecule is Cc1csc(SCC2CCN(S(=O)(=O)CCN3C(=O)CCCC3=O)CC2)n1. The van der Waals surface area contributed by atoms with Crippen LogP contribution in [0.1, 0.15) is 37.8 Å². The smallest absolute Gasteiger partial charge is 0.229 e. The van der Waals surface area contributed by atoms with Gasteiger partial charge in [-0.05, 0) is 32.1 Å². The van der Waals surface area contributed by atoms with E-state index in [0.29, 0.717) is 38.3 Å². The van der Waals surface area contributed by atoms with Crippen molar-refractivity contribution in [3.8, 4) is 0 Å². The molecule has 1 aromatic heterocycles. The predicted molar refractivity (Wildman–Crippen MR) is 106 cm³/mol. The van der Waals surface area contributed by atoms with Gasteiger partial charge in [0.15, 0.2) is 0 Å². The molecule has 0 atom stereocenters. The molecule has 1 aromatic rings. The molecule has 2 aliphatic heterocycles. The second kappa shape index (κ2) is 9.02. The molecule has 0 unspecified atom stereocenters. The molecule has 0 saturated carbocycles. The van der Waals surface area contributed by atoms with E-state index < -0.39 is 10.0 Å². The minimum Gasteiger partial charge on any atom is -0.282 e. The number of rotatable bonds is 7. The van der Waals surface area contributed by atoms with Crippen molar-refractivity contribution in [2.75, 3.05) is 31.1 Å². The Bertz CT molecular complexity index is 769. The summed E-state index contributed by atoms with van der Waals surface area (Å²) in [5, 5.41) is 2.04. The third kappa shape index (κ3) is 5.52. The number of imide groups is 1. The number of aryl methyl sites for hydroxylation is 1. The third-order valence-electron chi connectivity index (χ3n) is 4.96. The molecule has 0 spiro atoms. The van der Waals surface area contributed by atoms with Gasteiger partial charge in [-0.2, -0.15) is 0 Å². The van der Waals surface area contributed by atoms with Gasteiger partial charge in [0.2, 0.25) is 21.8 Å². The van der Waals surface area contributed by atoms with Gasteiger partial charge in [-0.25, -0.2) is 17.7 Å². The highest BCUT2D eigenvalue weighted by molar-refractivity contribution is 8.01. The van der Waals surface area contributed by atoms with Crippen LogP contribution in [-0.2, 0) is 19.6 Å². The Morgan fingerprint density at radius 1 is 1.22 bits per heavy atom. The average molecular weight is 432 g/mol. The summed E-state index contributed by atoms with van der Waals surface area (Å²) in [4.78, 5) is 29.2. The molecule has 0 N–H and O–H groups in total. The number of thiazole rings is 1. The fraction of sp³-hybridized carbons (Fsp3) is 0.706. The number of hydrogen-bond donors (Lipinski definition) is 0. The Labute approximate surface area is 168 Å². The van der Waals surface area contributed by atoms with Gasteiger partial charge in [-0.15, -0.1) is 11.3 Å². The fourth-order valence-electron chi connectivity index (χ4n) is 3.33. The summed E-state index contributed by atoms with van der Waals surface area (Å²) in [7, 11) is -3.45. The zero-order valence-corrected chi connectivity index (χ0v) is 17.9. The lowest BCUT2D eigenvalue weighted by Crippen LogP contribution is -2.46. The molecule has 0 aliphatic carbocycles. The van der Waals surface area contributed by atoms with E-state index in [9.17, 15) is 18.0 Å². The molecule has 150 valence electrons. The van der Waals surface area contributed by atoms with E-state index >= 15 is 0 Å². The van der Waals surface area contributed by atoms with Crippen molar-refractivity contribution in [1.29, 1.82) is 0 Å². The first-order valence-electron chi connectivity index (χ1n) is 9.21. The van der Waals surface area contributed by atoms with Crippen LogP contribution in [-0.4, -0.2) is 65.6 Å². The van der Waals surface area contributed by atoms with E-state index in [0.717, 1.165) is 33.5 Å². The number of sulfonamides is 1. The minimum absolute atomic E-state index is 0.0286. The van der Waals surface area contributed by atoms with Gasteiger partial charge in [0, 0.05) is 49.3 Å². The molecule has 7 nitrogen and oxygen atoms in total. The van der Waals surface area contributed by atoms with Crippen molar-refractivity contribution in [3.05, 3.63) is 11.1 Å². The molecular weight excluding hydrogens is 406 g/mol. The average Bonchev–Trinajstić information content (AvgIpc) is 3.05. The largest absolute Gasteiger partial charge is 0.282 e. The number of piperidine rings is 2. The highest BCUT2D eigenvalue weighted by Gasteiger charge is 2.31. The molecule has 2 amide bonds. The molecular formula is C17H25N3O4S3. The molecule has 27 heavy (non-hydrogen) atoms. The van der Waals surface area contributed by atoms with Gasteiger partial charge in [-0.3, -0.25) is 14.5 Å². The number of carbonyl (C=O) groups excluding carboxylic acids is 2. The Hall–Kier alpha value is -0.970. The van der Waals surface area contributed by atoms with Gasteiger partial charge >= 0.3 is 0 Å². The maximum atomic E-state index is 12.6. The van der Waals surface area contributed by atoms with E-state index in [2.05, 4.69) is 4.98 Å². The summed E-state index contributed by atoms with van der Waals surface area (Å²) < 4.78 is 27.8. The predicted octanol–water partition coefficient (Wildman–Crippen LogP) is 2.12. The van der Waals surface area contributed by atoms with Crippen LogP contribution in [0.25, 0.3) is 0 Å². The van der Waals surface area contributed by atoms with Crippen molar-refractivity contribution < 1.29 is 18.0 Å². The summed E-state index contributed by atoms with van der Waals surface area (Å²) in [5.74, 6) is 0.750. The maximum absolute atomic E-state index is 12.6. The Kier molecular flexibility index (Phi) is 6.93. The minimum atomic E-state index is -3.45. The van der Waals surface area contributed by atoms with Crippen molar-refractivity contribution in [1.82, 2.24) is 14.2 Å². The topological polar surface area (TPSA) is 87.7 Å². The van der Waals surface area contributed by atoms with E-state index in [4.69, 9.17) is 0 Å². The zero-order valence-electron chi connectivity index (χ0n) is 15.4. The van der Waals surface area contributed by atoms with Crippen molar-refractivity contribution >= 4 is 44.9 Å². The summed E-state index contributed by atoms with van der Waals surface area (Å²) in [6.07, 6.45) is 2.88. The van der Waals surface area contributed by atoms with E-state index in [1.165, 1.54) is 4.31 Å². The first-order valence-corrected chi connectivity index (χ1v) is 12.7. The monoisotopic (exact) mass is 431 g/mol. The quantitative estimate of drug-likeness (QED) is 0.485. The van der Waals surface area contributed by atoms with E-state index in [-0.39, 0.29) is 24.1 Å². The van der Waals surface area contributed by atoms with Crippen LogP contribution in [0.5, 0.6) is 0 Å². The first kappa shape index (κ1) is 20.8. The maximum Gasteiger partial charge on any atom is 0.229 e. The van der Waals surface area contributed by atoms with Crippen LogP contribution in [0.4, 0.5) is 0 Å². The Morgan fingerprint density at radius 3 is 2.48 bits per heavy atom. The highest BCUT2D eigenvalue weighted by Crippen LogP contribution is 2.29. The van der Waals surface area contributed by atoms with Crippen LogP contribution in [0, 0.1) is 12.8 Å². The number of likely N-dealkylation sites (tertiary alicyclic amines) is 1. The fourth-order valence-corrected chi connectivity index (χ4v) is 6.83. The lowest BCUT2D eigenvalue weighted by molar-refractivity contribution is -0.147. The van der Waals surface area contributed by atoms with Crippen molar-refractivity contribution in [2.24, 2.45) is 5.92 Å². The summed E-state index contributed by atoms with van der Waals surface area (Å²) in [5.41, 5.74) is 1.04. The van der Waals surface area contributed by atoms with Gasteiger partial charge < -0.3 is 0 Å². The van der Waals surface area contributed by atoms with Gasteiger partial charge in [0.05, 0.1) is 5.75 Å². The number of thioether (sulfide) groups is 1. The number of nitrogens with zero attached hydrogens (tertiary/aromatic N) is 3. The Balaban J connectivity index is 1.44. The number of carbonyl (C=O) groups is 2. The van der Waals surface area contributed by atoms with Gasteiger partial charge in [0.25, 0.3) is 0 Å². The molecule has 0 aromatic carbocycles. The van der Waals surface area contributed by atoms with Crippen molar-refractivity contribution in [3.63, 3.8) is 0 Å². The molecule has 0 bridgehead atoms. The molecule has 2 aliphatic rings. The van der Waals surface area contributed by atoms with Crippen LogP contribution in [0.2, 0.25) is 0 Å². The molecule has 0 radical (unpaired) electrons. The number of hydrogen-bond acceptors (Lipinski definition) is 7. The normalized spacial score (nSPS) is 20.4. The molecule has 2 saturated heterocycles. The van der Waals surface area contributed by atoms with Crippen LogP contribution < -0.4 is 0 Å². The second-order valence-corrected chi connectivity index (χ2v) is 11.2. The van der Waals surface area contributed by atoms with Crippen LogP contribution in [0.15, 0.2) is 9.72 Å². The van der Waals surface area contributed by atoms with E-state index in [1.807, 2.05) is 12.3 Å². The highest BCUT2D eigenvalue weighted by atomic mass is 32.2. The molecule has 2 fully saturated rings. The van der Waals surface area contributed by atoms with E-state index in [1.54, 1.807) is 23.1 Å². The lowest BCUT2D eigenvalue weighted by atomic mass is 10.0. The summed E-state index contributed by atoms with van der Waals surface area (Å²) in [6, 6.07) is 0. The Morgan fingerprint density at radius 2 is 1.89 bits per heavy atom. The molecule has 3 heterocycles. The second-order valence-electron chi connectivity index (χ2n) is 7.02. The number of aromatic nitrogens is 1. The molecule has 10 heteroatoms. The lowest BCUT2D eigenvalue weighted by Gasteiger charge is -2.32. The standard InChI is InChI=1S/C17H25N3O4S3/c1-13-11-25-17(18-13)26-12-14-5-7-19(8-6-14)27(23,24)10-9-20-15(21)3-2-4-16(20)22/h11,14H,2-10,12H2,1H3. The summed E-state index contributed by atoms with van der Waals surface area (Å²) >= 11 is 3.39. The third-order valence-corrected chi connectivity index (χ3v) is 9.18. The number of amides is 2.